The number of hydrogen-bond donors (Lipinski definition) is 1. The van der Waals surface area contributed by atoms with Gasteiger partial charge in [0.25, 0.3) is 0 Å². The number of esters is 1. The lowest BCUT2D eigenvalue weighted by atomic mass is 10.2. The molecule has 1 amide bonds. The van der Waals surface area contributed by atoms with E-state index < -0.39 is 5.97 Å². The fraction of sp³-hybridized carbons (Fsp3) is 0.0588. The molecular weight excluding hydrogens is 346 g/mol. The lowest BCUT2D eigenvalue weighted by Crippen LogP contribution is -2.09. The maximum atomic E-state index is 11.9. The first-order valence-corrected chi connectivity index (χ1v) is 7.31. The van der Waals surface area contributed by atoms with Crippen LogP contribution in [0.25, 0.3) is 6.08 Å². The Morgan fingerprint density at radius 1 is 1.14 bits per heavy atom. The van der Waals surface area contributed by atoms with E-state index in [1.54, 1.807) is 30.3 Å². The van der Waals surface area contributed by atoms with Crippen LogP contribution < -0.4 is 5.32 Å². The van der Waals surface area contributed by atoms with Crippen molar-refractivity contribution in [1.82, 2.24) is 0 Å². The quantitative estimate of drug-likeness (QED) is 0.665. The van der Waals surface area contributed by atoms with E-state index in [1.807, 2.05) is 24.3 Å². The molecule has 2 aromatic rings. The average Bonchev–Trinajstić information content (AvgIpc) is 2.52. The highest BCUT2D eigenvalue weighted by molar-refractivity contribution is 9.10. The van der Waals surface area contributed by atoms with Gasteiger partial charge in [-0.3, -0.25) is 4.79 Å². The van der Waals surface area contributed by atoms with E-state index in [0.717, 1.165) is 10.0 Å². The zero-order chi connectivity index (χ0) is 15.9. The van der Waals surface area contributed by atoms with Gasteiger partial charge >= 0.3 is 5.97 Å². The monoisotopic (exact) mass is 359 g/mol. The molecule has 0 aliphatic heterocycles. The Morgan fingerprint density at radius 2 is 1.91 bits per heavy atom. The highest BCUT2D eigenvalue weighted by Gasteiger charge is 2.06. The molecule has 112 valence electrons. The second-order valence-electron chi connectivity index (χ2n) is 4.45. The number of hydrogen-bond acceptors (Lipinski definition) is 3. The summed E-state index contributed by atoms with van der Waals surface area (Å²) in [5.74, 6) is -0.720. The Kier molecular flexibility index (Phi) is 5.49. The van der Waals surface area contributed by atoms with Crippen LogP contribution in [0.2, 0.25) is 0 Å². The van der Waals surface area contributed by atoms with Gasteiger partial charge in [0.2, 0.25) is 5.91 Å². The molecule has 0 bridgehead atoms. The van der Waals surface area contributed by atoms with Gasteiger partial charge in [-0.25, -0.2) is 4.79 Å². The van der Waals surface area contributed by atoms with E-state index in [1.165, 1.54) is 13.2 Å². The lowest BCUT2D eigenvalue weighted by molar-refractivity contribution is -0.111. The van der Waals surface area contributed by atoms with Crippen LogP contribution in [0.3, 0.4) is 0 Å². The summed E-state index contributed by atoms with van der Waals surface area (Å²) >= 11 is 3.37. The number of carbonyl (C=O) groups excluding carboxylic acids is 2. The molecular formula is C17H14BrNO3. The minimum atomic E-state index is -0.444. The average molecular weight is 360 g/mol. The summed E-state index contributed by atoms with van der Waals surface area (Å²) < 4.78 is 5.59. The Balaban J connectivity index is 2.04. The number of amides is 1. The van der Waals surface area contributed by atoms with Gasteiger partial charge in [0.05, 0.1) is 12.7 Å². The summed E-state index contributed by atoms with van der Waals surface area (Å²) in [5, 5.41) is 2.70. The summed E-state index contributed by atoms with van der Waals surface area (Å²) in [6.45, 7) is 0. The van der Waals surface area contributed by atoms with Crippen LogP contribution in [0, 0.1) is 0 Å². The summed E-state index contributed by atoms with van der Waals surface area (Å²) in [6, 6.07) is 14.2. The third kappa shape index (κ3) is 4.56. The first kappa shape index (κ1) is 16.0. The molecule has 0 aliphatic carbocycles. The molecule has 0 saturated heterocycles. The van der Waals surface area contributed by atoms with Crippen molar-refractivity contribution in [1.29, 1.82) is 0 Å². The van der Waals surface area contributed by atoms with Gasteiger partial charge in [-0.15, -0.1) is 0 Å². The standard InChI is InChI=1S/C17H14BrNO3/c1-22-17(21)13-5-3-7-15(11-13)19-16(20)9-8-12-4-2-6-14(18)10-12/h2-11H,1H3,(H,19,20). The van der Waals surface area contributed by atoms with Crippen molar-refractivity contribution in [3.63, 3.8) is 0 Å². The van der Waals surface area contributed by atoms with Crippen LogP contribution in [0.15, 0.2) is 59.1 Å². The molecule has 1 N–H and O–H groups in total. The largest absolute Gasteiger partial charge is 0.465 e. The number of rotatable bonds is 4. The van der Waals surface area contributed by atoms with E-state index in [0.29, 0.717) is 11.3 Å². The van der Waals surface area contributed by atoms with Crippen molar-refractivity contribution in [3.05, 3.63) is 70.2 Å². The molecule has 0 spiro atoms. The number of halogens is 1. The zero-order valence-electron chi connectivity index (χ0n) is 11.9. The topological polar surface area (TPSA) is 55.4 Å². The van der Waals surface area contributed by atoms with Crippen molar-refractivity contribution < 1.29 is 14.3 Å². The van der Waals surface area contributed by atoms with Crippen molar-refractivity contribution in [2.75, 3.05) is 12.4 Å². The van der Waals surface area contributed by atoms with Crippen molar-refractivity contribution in [3.8, 4) is 0 Å². The van der Waals surface area contributed by atoms with Crippen LogP contribution in [0.5, 0.6) is 0 Å². The highest BCUT2D eigenvalue weighted by Crippen LogP contribution is 2.14. The van der Waals surface area contributed by atoms with Gasteiger partial charge in [0, 0.05) is 16.2 Å². The van der Waals surface area contributed by atoms with Crippen molar-refractivity contribution in [2.45, 2.75) is 0 Å². The third-order valence-corrected chi connectivity index (χ3v) is 3.32. The molecule has 0 fully saturated rings. The summed E-state index contributed by atoms with van der Waals surface area (Å²) in [6.07, 6.45) is 3.15. The van der Waals surface area contributed by atoms with Crippen LogP contribution in [-0.2, 0) is 9.53 Å². The maximum Gasteiger partial charge on any atom is 0.337 e. The number of carbonyl (C=O) groups is 2. The van der Waals surface area contributed by atoms with Crippen molar-refractivity contribution in [2.24, 2.45) is 0 Å². The van der Waals surface area contributed by atoms with Crippen LogP contribution in [0.4, 0.5) is 5.69 Å². The molecule has 0 aliphatic rings. The summed E-state index contributed by atoms with van der Waals surface area (Å²) in [4.78, 5) is 23.3. The number of ether oxygens (including phenoxy) is 1. The highest BCUT2D eigenvalue weighted by atomic mass is 79.9. The van der Waals surface area contributed by atoms with Crippen molar-refractivity contribution >= 4 is 39.6 Å². The van der Waals surface area contributed by atoms with E-state index in [4.69, 9.17) is 0 Å². The number of methoxy groups -OCH3 is 1. The predicted octanol–water partition coefficient (Wildman–Crippen LogP) is 3.89. The molecule has 0 aromatic heterocycles. The number of anilines is 1. The Labute approximate surface area is 136 Å². The van der Waals surface area contributed by atoms with Gasteiger partial charge in [0.1, 0.15) is 0 Å². The predicted molar refractivity (Wildman–Crippen MR) is 89.6 cm³/mol. The molecule has 4 nitrogen and oxygen atoms in total. The Morgan fingerprint density at radius 3 is 2.64 bits per heavy atom. The minimum Gasteiger partial charge on any atom is -0.465 e. The minimum absolute atomic E-state index is 0.276. The second-order valence-corrected chi connectivity index (χ2v) is 5.37. The molecule has 0 heterocycles. The smallest absolute Gasteiger partial charge is 0.337 e. The first-order valence-electron chi connectivity index (χ1n) is 6.51. The summed E-state index contributed by atoms with van der Waals surface area (Å²) in [7, 11) is 1.31. The Bertz CT molecular complexity index is 725. The lowest BCUT2D eigenvalue weighted by Gasteiger charge is -2.04. The number of nitrogens with one attached hydrogen (secondary N) is 1. The zero-order valence-corrected chi connectivity index (χ0v) is 13.5. The van der Waals surface area contributed by atoms with Gasteiger partial charge in [0.15, 0.2) is 0 Å². The summed E-state index contributed by atoms with van der Waals surface area (Å²) in [5.41, 5.74) is 1.83. The van der Waals surface area contributed by atoms with Gasteiger partial charge < -0.3 is 10.1 Å². The van der Waals surface area contributed by atoms with E-state index >= 15 is 0 Å². The van der Waals surface area contributed by atoms with Gasteiger partial charge in [-0.05, 0) is 42.0 Å². The van der Waals surface area contributed by atoms with Gasteiger partial charge in [-0.1, -0.05) is 34.1 Å². The molecule has 0 unspecified atom stereocenters. The molecule has 2 aromatic carbocycles. The molecule has 5 heteroatoms. The molecule has 2 rings (SSSR count). The molecule has 0 saturated carbocycles. The molecule has 22 heavy (non-hydrogen) atoms. The van der Waals surface area contributed by atoms with Gasteiger partial charge in [-0.2, -0.15) is 0 Å². The first-order chi connectivity index (χ1) is 10.6. The molecule has 0 atom stereocenters. The van der Waals surface area contributed by atoms with Crippen LogP contribution in [0.1, 0.15) is 15.9 Å². The number of benzene rings is 2. The second kappa shape index (κ2) is 7.56. The van der Waals surface area contributed by atoms with E-state index in [-0.39, 0.29) is 5.91 Å². The fourth-order valence-electron chi connectivity index (χ4n) is 1.81. The van der Waals surface area contributed by atoms with E-state index in [2.05, 4.69) is 26.0 Å². The normalized spacial score (nSPS) is 10.5. The maximum absolute atomic E-state index is 11.9. The van der Waals surface area contributed by atoms with Crippen LogP contribution >= 0.6 is 15.9 Å². The fourth-order valence-corrected chi connectivity index (χ4v) is 2.22. The van der Waals surface area contributed by atoms with E-state index in [9.17, 15) is 9.59 Å². The third-order valence-electron chi connectivity index (χ3n) is 2.83. The van der Waals surface area contributed by atoms with Crippen LogP contribution in [-0.4, -0.2) is 19.0 Å². The Hall–Kier alpha value is -2.40. The SMILES string of the molecule is COC(=O)c1cccc(NC(=O)C=Cc2cccc(Br)c2)c1. The molecule has 0 radical (unpaired) electrons.